The number of piperazine rings is 1. The molecule has 1 N–H and O–H groups in total. The van der Waals surface area contributed by atoms with E-state index in [4.69, 9.17) is 4.98 Å². The number of fused-ring (bicyclic) bond motifs is 1. The third-order valence-corrected chi connectivity index (χ3v) is 7.81. The fraction of sp³-hybridized carbons (Fsp3) is 0.464. The summed E-state index contributed by atoms with van der Waals surface area (Å²) in [7, 11) is 2.08. The third-order valence-electron chi connectivity index (χ3n) is 7.81. The van der Waals surface area contributed by atoms with Crippen LogP contribution in [-0.2, 0) is 4.79 Å². The van der Waals surface area contributed by atoms with Crippen molar-refractivity contribution in [3.05, 3.63) is 52.8 Å². The zero-order valence-corrected chi connectivity index (χ0v) is 22.0. The van der Waals surface area contributed by atoms with E-state index in [1.54, 1.807) is 0 Å². The number of amides is 1. The van der Waals surface area contributed by atoms with Crippen LogP contribution in [-0.4, -0.2) is 77.2 Å². The van der Waals surface area contributed by atoms with Crippen LogP contribution in [0.15, 0.2) is 30.5 Å². The predicted molar refractivity (Wildman–Crippen MR) is 144 cm³/mol. The topological polar surface area (TPSA) is 101 Å². The van der Waals surface area contributed by atoms with Crippen LogP contribution in [0.25, 0.3) is 10.8 Å². The first-order valence-corrected chi connectivity index (χ1v) is 13.0. The van der Waals surface area contributed by atoms with Crippen LogP contribution in [0.4, 0.5) is 11.6 Å². The number of aromatic nitrogens is 3. The Hall–Kier alpha value is -3.77. The van der Waals surface area contributed by atoms with Crippen LogP contribution in [0.1, 0.15) is 41.8 Å². The molecular formula is C28H34N8O. The number of nitriles is 1. The second-order valence-electron chi connectivity index (χ2n) is 10.3. The molecule has 192 valence electrons. The van der Waals surface area contributed by atoms with Gasteiger partial charge >= 0.3 is 0 Å². The fourth-order valence-electron chi connectivity index (χ4n) is 5.52. The van der Waals surface area contributed by atoms with Gasteiger partial charge in [-0.3, -0.25) is 4.79 Å². The van der Waals surface area contributed by atoms with Crippen molar-refractivity contribution in [2.75, 3.05) is 56.5 Å². The summed E-state index contributed by atoms with van der Waals surface area (Å²) in [5.74, 6) is 1.99. The van der Waals surface area contributed by atoms with Gasteiger partial charge in [-0.15, -0.1) is 5.10 Å². The lowest BCUT2D eigenvalue weighted by Crippen LogP contribution is -2.50. The highest BCUT2D eigenvalue weighted by atomic mass is 16.2. The van der Waals surface area contributed by atoms with Crippen molar-refractivity contribution in [1.82, 2.24) is 25.0 Å². The number of aryl methyl sites for hydroxylation is 1. The van der Waals surface area contributed by atoms with Gasteiger partial charge < -0.3 is 20.0 Å². The summed E-state index contributed by atoms with van der Waals surface area (Å²) < 4.78 is 0. The summed E-state index contributed by atoms with van der Waals surface area (Å²) in [6.07, 6.45) is 2.83. The van der Waals surface area contributed by atoms with Crippen molar-refractivity contribution in [1.29, 1.82) is 5.26 Å². The van der Waals surface area contributed by atoms with E-state index < -0.39 is 0 Å². The Bertz CT molecular complexity index is 1360. The second-order valence-corrected chi connectivity index (χ2v) is 10.3. The molecule has 3 aromatic rings. The number of nitrogens with one attached hydrogen (secondary N) is 1. The molecule has 0 bridgehead atoms. The molecule has 1 amide bonds. The van der Waals surface area contributed by atoms with Gasteiger partial charge in [-0.25, -0.2) is 4.98 Å². The van der Waals surface area contributed by atoms with Crippen LogP contribution >= 0.6 is 0 Å². The minimum atomic E-state index is -0.0608. The molecule has 5 rings (SSSR count). The maximum absolute atomic E-state index is 13.0. The highest BCUT2D eigenvalue weighted by Crippen LogP contribution is 2.30. The molecule has 1 aromatic carbocycles. The van der Waals surface area contributed by atoms with Crippen molar-refractivity contribution < 1.29 is 4.79 Å². The van der Waals surface area contributed by atoms with Gasteiger partial charge in [-0.2, -0.15) is 10.4 Å². The molecule has 9 heteroatoms. The molecule has 0 unspecified atom stereocenters. The van der Waals surface area contributed by atoms with E-state index in [-0.39, 0.29) is 17.9 Å². The number of carbonyl (C=O) groups is 1. The Kier molecular flexibility index (Phi) is 6.94. The molecular weight excluding hydrogens is 464 g/mol. The predicted octanol–water partition coefficient (Wildman–Crippen LogP) is 3.29. The first kappa shape index (κ1) is 24.9. The van der Waals surface area contributed by atoms with E-state index in [1.807, 2.05) is 43.1 Å². The summed E-state index contributed by atoms with van der Waals surface area (Å²) in [6, 6.07) is 10.1. The van der Waals surface area contributed by atoms with Gasteiger partial charge in [-0.1, -0.05) is 12.1 Å². The molecule has 9 nitrogen and oxygen atoms in total. The molecule has 0 saturated carbocycles. The maximum Gasteiger partial charge on any atom is 0.227 e. The van der Waals surface area contributed by atoms with E-state index in [9.17, 15) is 10.1 Å². The van der Waals surface area contributed by atoms with Gasteiger partial charge in [0.1, 0.15) is 5.82 Å². The van der Waals surface area contributed by atoms with Crippen LogP contribution in [0.3, 0.4) is 0 Å². The van der Waals surface area contributed by atoms with Gasteiger partial charge in [0.05, 0.1) is 29.3 Å². The first-order valence-electron chi connectivity index (χ1n) is 13.0. The van der Waals surface area contributed by atoms with E-state index in [0.717, 1.165) is 66.0 Å². The lowest BCUT2D eigenvalue weighted by molar-refractivity contribution is -0.135. The quantitative estimate of drug-likeness (QED) is 0.572. The Morgan fingerprint density at radius 3 is 2.62 bits per heavy atom. The number of rotatable bonds is 5. The largest absolute Gasteiger partial charge is 0.362 e. The Morgan fingerprint density at radius 2 is 1.92 bits per heavy atom. The lowest BCUT2D eigenvalue weighted by atomic mass is 9.98. The highest BCUT2D eigenvalue weighted by Gasteiger charge is 2.31. The smallest absolute Gasteiger partial charge is 0.227 e. The summed E-state index contributed by atoms with van der Waals surface area (Å²) in [5, 5.41) is 23.7. The molecule has 4 heterocycles. The van der Waals surface area contributed by atoms with E-state index >= 15 is 0 Å². The summed E-state index contributed by atoms with van der Waals surface area (Å²) >= 11 is 0. The van der Waals surface area contributed by atoms with Crippen LogP contribution in [0.2, 0.25) is 0 Å². The van der Waals surface area contributed by atoms with Gasteiger partial charge in [0.25, 0.3) is 0 Å². The zero-order chi connectivity index (χ0) is 26.1. The summed E-state index contributed by atoms with van der Waals surface area (Å²) in [4.78, 5) is 24.2. The van der Waals surface area contributed by atoms with Gasteiger partial charge in [-0.05, 0) is 64.0 Å². The molecule has 2 saturated heterocycles. The average molecular weight is 499 g/mol. The fourth-order valence-corrected chi connectivity index (χ4v) is 5.52. The molecule has 37 heavy (non-hydrogen) atoms. The molecule has 0 radical (unpaired) electrons. The summed E-state index contributed by atoms with van der Waals surface area (Å²) in [5.41, 5.74) is 3.52. The molecule has 2 fully saturated rings. The Labute approximate surface area is 218 Å². The second kappa shape index (κ2) is 10.3. The SMILES string of the molecule is Cc1c(C#N)cccc1[C@@H](C)Nc1nnc(C)c2cnc(N3CCN(C(=O)[C@@H]4CCN(C)C4)CC3)cc12. The monoisotopic (exact) mass is 498 g/mol. The minimum Gasteiger partial charge on any atom is -0.362 e. The number of pyridine rings is 1. The van der Waals surface area contributed by atoms with Crippen LogP contribution < -0.4 is 10.2 Å². The van der Waals surface area contributed by atoms with E-state index in [0.29, 0.717) is 24.5 Å². The number of likely N-dealkylation sites (tertiary alicyclic amines) is 1. The van der Waals surface area contributed by atoms with Crippen LogP contribution in [0, 0.1) is 31.1 Å². The standard InChI is InChI=1S/C28H34N8O/c1-18-21(15-29)6-5-7-23(18)19(2)31-27-24-14-26(30-16-25(24)20(3)32-33-27)35-10-12-36(13-11-35)28(37)22-8-9-34(4)17-22/h5-7,14,16,19,22H,8-13,17H2,1-4H3,(H,31,33)/t19-,22-/m1/s1. The maximum atomic E-state index is 13.0. The number of nitrogens with zero attached hydrogens (tertiary/aromatic N) is 7. The first-order chi connectivity index (χ1) is 17.9. The van der Waals surface area contributed by atoms with Crippen molar-refractivity contribution >= 4 is 28.3 Å². The third kappa shape index (κ3) is 4.94. The van der Waals surface area contributed by atoms with Gasteiger partial charge in [0, 0.05) is 49.7 Å². The van der Waals surface area contributed by atoms with Crippen molar-refractivity contribution in [3.8, 4) is 6.07 Å². The number of hydrogen-bond acceptors (Lipinski definition) is 8. The molecule has 0 spiro atoms. The van der Waals surface area contributed by atoms with E-state index in [2.05, 4.69) is 51.4 Å². The zero-order valence-electron chi connectivity index (χ0n) is 22.0. The van der Waals surface area contributed by atoms with Crippen molar-refractivity contribution in [2.45, 2.75) is 33.2 Å². The Morgan fingerprint density at radius 1 is 1.14 bits per heavy atom. The normalized spacial score (nSPS) is 19.2. The highest BCUT2D eigenvalue weighted by molar-refractivity contribution is 5.94. The molecule has 0 aliphatic carbocycles. The average Bonchev–Trinajstić information content (AvgIpc) is 3.36. The van der Waals surface area contributed by atoms with Crippen molar-refractivity contribution in [2.24, 2.45) is 5.92 Å². The number of anilines is 2. The lowest BCUT2D eigenvalue weighted by Gasteiger charge is -2.36. The Balaban J connectivity index is 1.35. The van der Waals surface area contributed by atoms with Gasteiger partial charge in [0.2, 0.25) is 5.91 Å². The number of carbonyl (C=O) groups excluding carboxylic acids is 1. The summed E-state index contributed by atoms with van der Waals surface area (Å²) in [6.45, 7) is 10.8. The number of benzene rings is 1. The molecule has 2 aliphatic heterocycles. The molecule has 2 atom stereocenters. The number of hydrogen-bond donors (Lipinski definition) is 1. The van der Waals surface area contributed by atoms with E-state index in [1.165, 1.54) is 0 Å². The minimum absolute atomic E-state index is 0.0608. The molecule has 2 aliphatic rings. The molecule has 2 aromatic heterocycles. The van der Waals surface area contributed by atoms with Crippen molar-refractivity contribution in [3.63, 3.8) is 0 Å². The van der Waals surface area contributed by atoms with Crippen LogP contribution in [0.5, 0.6) is 0 Å². The van der Waals surface area contributed by atoms with Gasteiger partial charge in [0.15, 0.2) is 5.82 Å².